The fraction of sp³-hybridized carbons (Fsp3) is 0.250. The standard InChI is InChI=1S/C16H17FN4/c1-11-4-3-9-21-15(11)19-16(20-21)18-8-7-13-5-6-14(17)10-12(13)2/h3-6,9-10H,7-8H2,1-2H3,(H,18,20). The van der Waals surface area contributed by atoms with Crippen molar-refractivity contribution in [2.45, 2.75) is 20.3 Å². The van der Waals surface area contributed by atoms with Crippen molar-refractivity contribution in [1.29, 1.82) is 0 Å². The van der Waals surface area contributed by atoms with Crippen molar-refractivity contribution >= 4 is 11.6 Å². The van der Waals surface area contributed by atoms with Gasteiger partial charge in [-0.2, -0.15) is 4.98 Å². The van der Waals surface area contributed by atoms with Crippen LogP contribution in [0.4, 0.5) is 10.3 Å². The predicted octanol–water partition coefficient (Wildman–Crippen LogP) is 3.14. The maximum Gasteiger partial charge on any atom is 0.243 e. The Morgan fingerprint density at radius 3 is 2.81 bits per heavy atom. The molecule has 21 heavy (non-hydrogen) atoms. The number of anilines is 1. The molecule has 4 nitrogen and oxygen atoms in total. The minimum absolute atomic E-state index is 0.193. The van der Waals surface area contributed by atoms with Crippen molar-refractivity contribution in [3.63, 3.8) is 0 Å². The number of aryl methyl sites for hydroxylation is 2. The summed E-state index contributed by atoms with van der Waals surface area (Å²) in [5.41, 5.74) is 4.05. The third-order valence-electron chi connectivity index (χ3n) is 3.54. The van der Waals surface area contributed by atoms with Gasteiger partial charge in [-0.25, -0.2) is 8.91 Å². The maximum absolute atomic E-state index is 13.1. The first-order valence-electron chi connectivity index (χ1n) is 6.94. The van der Waals surface area contributed by atoms with Gasteiger partial charge >= 0.3 is 0 Å². The molecule has 2 heterocycles. The van der Waals surface area contributed by atoms with Crippen LogP contribution in [0.15, 0.2) is 36.5 Å². The molecule has 5 heteroatoms. The molecular formula is C16H17FN4. The number of pyridine rings is 1. The average molecular weight is 284 g/mol. The zero-order valence-electron chi connectivity index (χ0n) is 12.1. The Balaban J connectivity index is 1.68. The second-order valence-electron chi connectivity index (χ2n) is 5.14. The van der Waals surface area contributed by atoms with Gasteiger partial charge < -0.3 is 5.32 Å². The van der Waals surface area contributed by atoms with Gasteiger partial charge in [0.25, 0.3) is 0 Å². The van der Waals surface area contributed by atoms with Crippen molar-refractivity contribution in [2.24, 2.45) is 0 Å². The zero-order valence-corrected chi connectivity index (χ0v) is 12.1. The molecule has 1 aromatic carbocycles. The van der Waals surface area contributed by atoms with Gasteiger partial charge in [0.1, 0.15) is 5.82 Å². The van der Waals surface area contributed by atoms with E-state index in [2.05, 4.69) is 15.4 Å². The SMILES string of the molecule is Cc1cc(F)ccc1CCNc1nc2c(C)cccn2n1. The molecule has 0 atom stereocenters. The Morgan fingerprint density at radius 1 is 1.19 bits per heavy atom. The molecule has 0 saturated carbocycles. The van der Waals surface area contributed by atoms with Gasteiger partial charge in [0.2, 0.25) is 5.95 Å². The van der Waals surface area contributed by atoms with E-state index in [4.69, 9.17) is 0 Å². The van der Waals surface area contributed by atoms with E-state index in [-0.39, 0.29) is 5.82 Å². The molecular weight excluding hydrogens is 267 g/mol. The molecule has 0 amide bonds. The molecule has 0 saturated heterocycles. The van der Waals surface area contributed by atoms with E-state index >= 15 is 0 Å². The highest BCUT2D eigenvalue weighted by Crippen LogP contribution is 2.12. The quantitative estimate of drug-likeness (QED) is 0.800. The summed E-state index contributed by atoms with van der Waals surface area (Å²) in [5, 5.41) is 7.59. The van der Waals surface area contributed by atoms with Crippen molar-refractivity contribution < 1.29 is 4.39 Å². The largest absolute Gasteiger partial charge is 0.353 e. The molecule has 108 valence electrons. The molecule has 3 aromatic rings. The predicted molar refractivity (Wildman–Crippen MR) is 81.1 cm³/mol. The van der Waals surface area contributed by atoms with Crippen LogP contribution in [-0.4, -0.2) is 21.1 Å². The molecule has 0 unspecified atom stereocenters. The topological polar surface area (TPSA) is 42.2 Å². The van der Waals surface area contributed by atoms with Crippen LogP contribution < -0.4 is 5.32 Å². The minimum atomic E-state index is -0.193. The van der Waals surface area contributed by atoms with Gasteiger partial charge in [0.15, 0.2) is 5.65 Å². The number of halogens is 1. The fourth-order valence-corrected chi connectivity index (χ4v) is 2.36. The normalized spacial score (nSPS) is 11.0. The van der Waals surface area contributed by atoms with Crippen LogP contribution in [0.25, 0.3) is 5.65 Å². The summed E-state index contributed by atoms with van der Waals surface area (Å²) in [7, 11) is 0. The highest BCUT2D eigenvalue weighted by molar-refractivity contribution is 5.49. The number of aromatic nitrogens is 3. The molecule has 0 aliphatic heterocycles. The average Bonchev–Trinajstić information content (AvgIpc) is 2.86. The van der Waals surface area contributed by atoms with E-state index in [1.165, 1.54) is 6.07 Å². The Hall–Kier alpha value is -2.43. The molecule has 0 bridgehead atoms. The molecule has 0 spiro atoms. The lowest BCUT2D eigenvalue weighted by atomic mass is 10.1. The lowest BCUT2D eigenvalue weighted by Crippen LogP contribution is -2.07. The van der Waals surface area contributed by atoms with Crippen molar-refractivity contribution in [3.8, 4) is 0 Å². The number of nitrogens with zero attached hydrogens (tertiary/aromatic N) is 3. The summed E-state index contributed by atoms with van der Waals surface area (Å²) in [6.45, 7) is 4.64. The Morgan fingerprint density at radius 2 is 2.05 bits per heavy atom. The summed E-state index contributed by atoms with van der Waals surface area (Å²) >= 11 is 0. The van der Waals surface area contributed by atoms with Crippen LogP contribution in [-0.2, 0) is 6.42 Å². The van der Waals surface area contributed by atoms with Crippen LogP contribution in [0.5, 0.6) is 0 Å². The monoisotopic (exact) mass is 284 g/mol. The van der Waals surface area contributed by atoms with E-state index in [0.717, 1.165) is 28.8 Å². The van der Waals surface area contributed by atoms with Gasteiger partial charge in [-0.3, -0.25) is 0 Å². The zero-order chi connectivity index (χ0) is 14.8. The number of benzene rings is 1. The summed E-state index contributed by atoms with van der Waals surface area (Å²) in [6.07, 6.45) is 2.69. The van der Waals surface area contributed by atoms with E-state index in [1.54, 1.807) is 10.6 Å². The van der Waals surface area contributed by atoms with E-state index in [9.17, 15) is 4.39 Å². The molecule has 3 rings (SSSR count). The molecule has 0 aliphatic carbocycles. The summed E-state index contributed by atoms with van der Waals surface area (Å²) in [6, 6.07) is 8.84. The van der Waals surface area contributed by atoms with Crippen LogP contribution in [0, 0.1) is 19.7 Å². The number of rotatable bonds is 4. The number of nitrogens with one attached hydrogen (secondary N) is 1. The van der Waals surface area contributed by atoms with Gasteiger partial charge in [-0.1, -0.05) is 12.1 Å². The summed E-state index contributed by atoms with van der Waals surface area (Å²) < 4.78 is 14.8. The number of hydrogen-bond acceptors (Lipinski definition) is 3. The molecule has 0 aliphatic rings. The van der Waals surface area contributed by atoms with Gasteiger partial charge in [0.05, 0.1) is 0 Å². The fourth-order valence-electron chi connectivity index (χ4n) is 2.36. The maximum atomic E-state index is 13.1. The van der Waals surface area contributed by atoms with Gasteiger partial charge in [-0.15, -0.1) is 5.10 Å². The van der Waals surface area contributed by atoms with Gasteiger partial charge in [-0.05, 0) is 55.2 Å². The first kappa shape index (κ1) is 13.5. The van der Waals surface area contributed by atoms with Crippen LogP contribution in [0.3, 0.4) is 0 Å². The smallest absolute Gasteiger partial charge is 0.243 e. The lowest BCUT2D eigenvalue weighted by molar-refractivity contribution is 0.625. The highest BCUT2D eigenvalue weighted by atomic mass is 19.1. The highest BCUT2D eigenvalue weighted by Gasteiger charge is 2.05. The minimum Gasteiger partial charge on any atom is -0.353 e. The van der Waals surface area contributed by atoms with Crippen LogP contribution >= 0.6 is 0 Å². The molecule has 0 radical (unpaired) electrons. The summed E-state index contributed by atoms with van der Waals surface area (Å²) in [5.74, 6) is 0.422. The van der Waals surface area contributed by atoms with Crippen molar-refractivity contribution in [2.75, 3.05) is 11.9 Å². The van der Waals surface area contributed by atoms with Crippen LogP contribution in [0.2, 0.25) is 0 Å². The second-order valence-corrected chi connectivity index (χ2v) is 5.14. The van der Waals surface area contributed by atoms with E-state index in [0.29, 0.717) is 12.5 Å². The first-order chi connectivity index (χ1) is 10.1. The molecule has 2 aromatic heterocycles. The lowest BCUT2D eigenvalue weighted by Gasteiger charge is -2.06. The van der Waals surface area contributed by atoms with Crippen LogP contribution in [0.1, 0.15) is 16.7 Å². The van der Waals surface area contributed by atoms with Crippen molar-refractivity contribution in [1.82, 2.24) is 14.6 Å². The Bertz CT molecular complexity index is 779. The van der Waals surface area contributed by atoms with Crippen molar-refractivity contribution in [3.05, 3.63) is 59.0 Å². The van der Waals surface area contributed by atoms with E-state index < -0.39 is 0 Å². The molecule has 1 N–H and O–H groups in total. The van der Waals surface area contributed by atoms with Gasteiger partial charge in [0, 0.05) is 12.7 Å². The number of hydrogen-bond donors (Lipinski definition) is 1. The Kier molecular flexibility index (Phi) is 3.56. The number of fused-ring (bicyclic) bond motifs is 1. The van der Waals surface area contributed by atoms with E-state index in [1.807, 2.05) is 38.2 Å². The third kappa shape index (κ3) is 2.86. The summed E-state index contributed by atoms with van der Waals surface area (Å²) in [4.78, 5) is 4.46. The third-order valence-corrected chi connectivity index (χ3v) is 3.54. The Labute approximate surface area is 122 Å². The molecule has 0 fully saturated rings. The second kappa shape index (κ2) is 5.52. The first-order valence-corrected chi connectivity index (χ1v) is 6.94.